The van der Waals surface area contributed by atoms with Crippen LogP contribution in [0.1, 0.15) is 19.5 Å². The van der Waals surface area contributed by atoms with Gasteiger partial charge < -0.3 is 9.73 Å². The first-order chi connectivity index (χ1) is 8.15. The number of oxazole rings is 1. The van der Waals surface area contributed by atoms with E-state index in [9.17, 15) is 0 Å². The maximum Gasteiger partial charge on any atom is 0.226 e. The molecule has 0 saturated heterocycles. The number of hydrogen-bond acceptors (Lipinski definition) is 3. The zero-order chi connectivity index (χ0) is 12.3. The minimum Gasteiger partial charge on any atom is -0.444 e. The Morgan fingerprint density at radius 3 is 2.94 bits per heavy atom. The van der Waals surface area contributed by atoms with E-state index in [1.54, 1.807) is 6.26 Å². The third kappa shape index (κ3) is 3.32. The minimum absolute atomic E-state index is 0.432. The van der Waals surface area contributed by atoms with E-state index in [-0.39, 0.29) is 0 Å². The van der Waals surface area contributed by atoms with E-state index >= 15 is 0 Å². The van der Waals surface area contributed by atoms with Gasteiger partial charge in [-0.3, -0.25) is 0 Å². The average Bonchev–Trinajstić information content (AvgIpc) is 2.75. The first kappa shape index (κ1) is 12.1. The van der Waals surface area contributed by atoms with Gasteiger partial charge in [0.1, 0.15) is 6.26 Å². The van der Waals surface area contributed by atoms with E-state index in [2.05, 4.69) is 24.1 Å². The lowest BCUT2D eigenvalue weighted by atomic mass is 10.2. The van der Waals surface area contributed by atoms with E-state index in [4.69, 9.17) is 16.0 Å². The van der Waals surface area contributed by atoms with Crippen molar-refractivity contribution in [3.8, 4) is 11.5 Å². The Bertz CT molecular complexity index is 494. The highest BCUT2D eigenvalue weighted by Gasteiger charge is 2.07. The van der Waals surface area contributed by atoms with Crippen LogP contribution < -0.4 is 5.32 Å². The third-order valence-electron chi connectivity index (χ3n) is 2.31. The van der Waals surface area contributed by atoms with Crippen molar-refractivity contribution in [2.24, 2.45) is 0 Å². The Morgan fingerprint density at radius 2 is 2.24 bits per heavy atom. The van der Waals surface area contributed by atoms with Crippen LogP contribution in [0.2, 0.25) is 5.02 Å². The average molecular weight is 251 g/mol. The van der Waals surface area contributed by atoms with Gasteiger partial charge in [0.05, 0.1) is 5.69 Å². The lowest BCUT2D eigenvalue weighted by molar-refractivity contribution is 0.560. The number of nitrogens with zero attached hydrogens (tertiary/aromatic N) is 1. The maximum atomic E-state index is 5.92. The van der Waals surface area contributed by atoms with Crippen molar-refractivity contribution in [3.63, 3.8) is 0 Å². The molecule has 0 spiro atoms. The van der Waals surface area contributed by atoms with Gasteiger partial charge in [-0.05, 0) is 18.2 Å². The largest absolute Gasteiger partial charge is 0.444 e. The highest BCUT2D eigenvalue weighted by Crippen LogP contribution is 2.21. The number of aromatic nitrogens is 1. The Balaban J connectivity index is 2.12. The molecule has 0 unspecified atom stereocenters. The number of nitrogens with one attached hydrogen (secondary N) is 1. The number of halogens is 1. The summed E-state index contributed by atoms with van der Waals surface area (Å²) in [4.78, 5) is 4.41. The Labute approximate surface area is 106 Å². The highest BCUT2D eigenvalue weighted by atomic mass is 35.5. The molecule has 1 aromatic heterocycles. The highest BCUT2D eigenvalue weighted by molar-refractivity contribution is 6.30. The fraction of sp³-hybridized carbons (Fsp3) is 0.308. The van der Waals surface area contributed by atoms with Crippen LogP contribution in [0.4, 0.5) is 0 Å². The SMILES string of the molecule is CC(C)NCc1coc(-c2cccc(Cl)c2)n1. The number of hydrogen-bond donors (Lipinski definition) is 1. The van der Waals surface area contributed by atoms with Crippen LogP contribution in [0.3, 0.4) is 0 Å². The normalized spacial score (nSPS) is 11.1. The molecule has 2 rings (SSSR count). The van der Waals surface area contributed by atoms with E-state index in [0.29, 0.717) is 23.5 Å². The molecule has 4 heteroatoms. The van der Waals surface area contributed by atoms with Crippen LogP contribution in [0.15, 0.2) is 34.9 Å². The van der Waals surface area contributed by atoms with Crippen LogP contribution in [-0.2, 0) is 6.54 Å². The van der Waals surface area contributed by atoms with E-state index in [0.717, 1.165) is 11.3 Å². The van der Waals surface area contributed by atoms with Crippen LogP contribution in [-0.4, -0.2) is 11.0 Å². The molecular weight excluding hydrogens is 236 g/mol. The monoisotopic (exact) mass is 250 g/mol. The van der Waals surface area contributed by atoms with Gasteiger partial charge in [-0.2, -0.15) is 0 Å². The second-order valence-corrected chi connectivity index (χ2v) is 4.63. The molecule has 0 aliphatic carbocycles. The zero-order valence-corrected chi connectivity index (χ0v) is 10.7. The lowest BCUT2D eigenvalue weighted by Gasteiger charge is -2.04. The molecule has 1 aromatic carbocycles. The topological polar surface area (TPSA) is 38.1 Å². The third-order valence-corrected chi connectivity index (χ3v) is 2.55. The summed E-state index contributed by atoms with van der Waals surface area (Å²) in [6, 6.07) is 7.91. The molecule has 0 aliphatic rings. The molecule has 0 fully saturated rings. The number of benzene rings is 1. The van der Waals surface area contributed by atoms with Crippen molar-refractivity contribution in [3.05, 3.63) is 41.2 Å². The summed E-state index contributed by atoms with van der Waals surface area (Å²) in [5.41, 5.74) is 1.79. The van der Waals surface area contributed by atoms with Gasteiger partial charge in [-0.15, -0.1) is 0 Å². The Morgan fingerprint density at radius 1 is 1.41 bits per heavy atom. The molecule has 0 bridgehead atoms. The number of rotatable bonds is 4. The van der Waals surface area contributed by atoms with Crippen molar-refractivity contribution in [1.82, 2.24) is 10.3 Å². The summed E-state index contributed by atoms with van der Waals surface area (Å²) >= 11 is 5.92. The second kappa shape index (κ2) is 5.34. The first-order valence-corrected chi connectivity index (χ1v) is 5.96. The molecule has 0 atom stereocenters. The molecule has 2 aromatic rings. The predicted molar refractivity (Wildman–Crippen MR) is 68.9 cm³/mol. The fourth-order valence-electron chi connectivity index (χ4n) is 1.45. The van der Waals surface area contributed by atoms with Gasteiger partial charge in [0.2, 0.25) is 5.89 Å². The van der Waals surface area contributed by atoms with Gasteiger partial charge >= 0.3 is 0 Å². The Kier molecular flexibility index (Phi) is 3.82. The molecule has 1 N–H and O–H groups in total. The molecule has 3 nitrogen and oxygen atoms in total. The van der Waals surface area contributed by atoms with Gasteiger partial charge in [0.15, 0.2) is 0 Å². The van der Waals surface area contributed by atoms with E-state index in [1.807, 2.05) is 24.3 Å². The molecule has 0 amide bonds. The molecule has 17 heavy (non-hydrogen) atoms. The van der Waals surface area contributed by atoms with E-state index < -0.39 is 0 Å². The van der Waals surface area contributed by atoms with Crippen molar-refractivity contribution < 1.29 is 4.42 Å². The van der Waals surface area contributed by atoms with Crippen molar-refractivity contribution in [2.45, 2.75) is 26.4 Å². The standard InChI is InChI=1S/C13H15ClN2O/c1-9(2)15-7-12-8-17-13(16-12)10-4-3-5-11(14)6-10/h3-6,8-9,15H,7H2,1-2H3. The van der Waals surface area contributed by atoms with Gasteiger partial charge in [0.25, 0.3) is 0 Å². The summed E-state index contributed by atoms with van der Waals surface area (Å²) < 4.78 is 5.43. The summed E-state index contributed by atoms with van der Waals surface area (Å²) in [6.07, 6.45) is 1.67. The van der Waals surface area contributed by atoms with Crippen LogP contribution >= 0.6 is 11.6 Å². The fourth-order valence-corrected chi connectivity index (χ4v) is 1.64. The second-order valence-electron chi connectivity index (χ2n) is 4.19. The molecular formula is C13H15ClN2O. The smallest absolute Gasteiger partial charge is 0.226 e. The lowest BCUT2D eigenvalue weighted by Crippen LogP contribution is -2.21. The molecule has 90 valence electrons. The van der Waals surface area contributed by atoms with Gasteiger partial charge in [-0.1, -0.05) is 31.5 Å². The van der Waals surface area contributed by atoms with Gasteiger partial charge in [0, 0.05) is 23.2 Å². The van der Waals surface area contributed by atoms with Crippen molar-refractivity contribution in [2.75, 3.05) is 0 Å². The summed E-state index contributed by atoms with van der Waals surface area (Å²) in [6.45, 7) is 4.90. The Hall–Kier alpha value is -1.32. The van der Waals surface area contributed by atoms with Crippen molar-refractivity contribution in [1.29, 1.82) is 0 Å². The zero-order valence-electron chi connectivity index (χ0n) is 9.90. The van der Waals surface area contributed by atoms with E-state index in [1.165, 1.54) is 0 Å². The molecule has 1 heterocycles. The summed E-state index contributed by atoms with van der Waals surface area (Å²) in [7, 11) is 0. The first-order valence-electron chi connectivity index (χ1n) is 5.59. The minimum atomic E-state index is 0.432. The summed E-state index contributed by atoms with van der Waals surface area (Å²) in [5.74, 6) is 0.605. The predicted octanol–water partition coefficient (Wildman–Crippen LogP) is 3.49. The quantitative estimate of drug-likeness (QED) is 0.903. The molecule has 0 saturated carbocycles. The molecule has 0 aliphatic heterocycles. The maximum absolute atomic E-state index is 5.92. The van der Waals surface area contributed by atoms with Gasteiger partial charge in [-0.25, -0.2) is 4.98 Å². The van der Waals surface area contributed by atoms with Crippen LogP contribution in [0.5, 0.6) is 0 Å². The molecule has 0 radical (unpaired) electrons. The van der Waals surface area contributed by atoms with Crippen molar-refractivity contribution >= 4 is 11.6 Å². The van der Waals surface area contributed by atoms with Crippen LogP contribution in [0.25, 0.3) is 11.5 Å². The summed E-state index contributed by atoms with van der Waals surface area (Å²) in [5, 5.41) is 3.97. The van der Waals surface area contributed by atoms with Crippen LogP contribution in [0, 0.1) is 0 Å².